The molecule has 2 atom stereocenters. The molecule has 1 aromatic rings. The van der Waals surface area contributed by atoms with Crippen LogP contribution < -0.4 is 5.32 Å². The third-order valence-corrected chi connectivity index (χ3v) is 9.01. The van der Waals surface area contributed by atoms with E-state index in [0.717, 1.165) is 25.7 Å². The summed E-state index contributed by atoms with van der Waals surface area (Å²) in [7, 11) is 0. The van der Waals surface area contributed by atoms with Crippen LogP contribution in [0.15, 0.2) is 12.1 Å². The summed E-state index contributed by atoms with van der Waals surface area (Å²) in [5, 5.41) is 13.3. The van der Waals surface area contributed by atoms with E-state index in [1.165, 1.54) is 12.1 Å². The number of rotatable bonds is 9. The van der Waals surface area contributed by atoms with Gasteiger partial charge in [-0.2, -0.15) is 0 Å². The maximum Gasteiger partial charge on any atom is 0.245 e. The van der Waals surface area contributed by atoms with Crippen LogP contribution in [0.25, 0.3) is 0 Å². The number of nitrogens with zero attached hydrogens (tertiary/aromatic N) is 3. The van der Waals surface area contributed by atoms with Crippen LogP contribution in [0.5, 0.6) is 0 Å². The van der Waals surface area contributed by atoms with Crippen molar-refractivity contribution in [2.24, 2.45) is 17.3 Å². The molecule has 1 saturated heterocycles. The number of fused-ring (bicyclic) bond motifs is 1. The van der Waals surface area contributed by atoms with Crippen LogP contribution in [0.1, 0.15) is 76.8 Å². The second-order valence-electron chi connectivity index (χ2n) is 12.9. The predicted molar refractivity (Wildman–Crippen MR) is 146 cm³/mol. The lowest BCUT2D eigenvalue weighted by Gasteiger charge is -2.42. The number of amides is 3. The molecule has 40 heavy (non-hydrogen) atoms. The van der Waals surface area contributed by atoms with Crippen molar-refractivity contribution in [2.45, 2.75) is 90.8 Å². The standard InChI is InChI=1S/C30H44F2N4O4/c1-30(2,3)27(33-28(38)21(17-36(40)19-37)16-20-6-4-5-7-20)29(39)34-13-10-22(11-14-34)35-15-12-23-24(18-35)26(32)9-8-25(23)31/h8-9,19-22,27,40H,4-7,10-18H2,1-3H3,(H,33,38)/t21-,27-/m1/s1. The van der Waals surface area contributed by atoms with Crippen LogP contribution in [-0.2, 0) is 27.3 Å². The number of hydroxylamine groups is 2. The lowest BCUT2D eigenvalue weighted by Crippen LogP contribution is -2.58. The Labute approximate surface area is 236 Å². The van der Waals surface area contributed by atoms with Crippen molar-refractivity contribution in [3.8, 4) is 0 Å². The monoisotopic (exact) mass is 562 g/mol. The van der Waals surface area contributed by atoms with Crippen molar-refractivity contribution in [1.82, 2.24) is 20.2 Å². The summed E-state index contributed by atoms with van der Waals surface area (Å²) in [5.74, 6) is -1.43. The molecular formula is C30H44F2N4O4. The van der Waals surface area contributed by atoms with Gasteiger partial charge in [-0.25, -0.2) is 13.8 Å². The normalized spacial score (nSPS) is 20.6. The van der Waals surface area contributed by atoms with Crippen LogP contribution in [-0.4, -0.2) is 76.6 Å². The van der Waals surface area contributed by atoms with Crippen LogP contribution in [0, 0.1) is 28.9 Å². The second-order valence-corrected chi connectivity index (χ2v) is 12.9. The van der Waals surface area contributed by atoms with Gasteiger partial charge >= 0.3 is 0 Å². The van der Waals surface area contributed by atoms with E-state index in [-0.39, 0.29) is 36.0 Å². The predicted octanol–water partition coefficient (Wildman–Crippen LogP) is 3.89. The number of likely N-dealkylation sites (tertiary alicyclic amines) is 1. The fourth-order valence-corrected chi connectivity index (χ4v) is 6.65. The van der Waals surface area contributed by atoms with E-state index in [1.54, 1.807) is 4.90 Å². The average molecular weight is 563 g/mol. The number of benzene rings is 1. The zero-order valence-corrected chi connectivity index (χ0v) is 24.0. The van der Waals surface area contributed by atoms with E-state index in [9.17, 15) is 28.4 Å². The number of nitrogens with one attached hydrogen (secondary N) is 1. The first-order valence-electron chi connectivity index (χ1n) is 14.7. The molecule has 1 aliphatic carbocycles. The lowest BCUT2D eigenvalue weighted by molar-refractivity contribution is -0.156. The molecule has 0 radical (unpaired) electrons. The lowest BCUT2D eigenvalue weighted by atomic mass is 9.84. The van der Waals surface area contributed by atoms with Crippen molar-refractivity contribution in [3.63, 3.8) is 0 Å². The van der Waals surface area contributed by atoms with Gasteiger partial charge in [-0.05, 0) is 54.7 Å². The quantitative estimate of drug-likeness (QED) is 0.271. The molecule has 3 aliphatic rings. The number of halogens is 2. The maximum absolute atomic E-state index is 14.4. The van der Waals surface area contributed by atoms with E-state index < -0.39 is 17.4 Å². The Morgan fingerprint density at radius 3 is 2.30 bits per heavy atom. The minimum absolute atomic E-state index is 0.105. The van der Waals surface area contributed by atoms with Gasteiger partial charge in [0.05, 0.1) is 12.5 Å². The van der Waals surface area contributed by atoms with Gasteiger partial charge in [-0.15, -0.1) is 0 Å². The van der Waals surface area contributed by atoms with Crippen molar-refractivity contribution in [2.75, 3.05) is 26.2 Å². The van der Waals surface area contributed by atoms with E-state index >= 15 is 0 Å². The van der Waals surface area contributed by atoms with E-state index in [4.69, 9.17) is 0 Å². The number of carbonyl (C=O) groups is 3. The summed E-state index contributed by atoms with van der Waals surface area (Å²) in [6, 6.07) is 1.79. The van der Waals surface area contributed by atoms with Crippen molar-refractivity contribution in [1.29, 1.82) is 0 Å². The molecule has 3 amide bonds. The summed E-state index contributed by atoms with van der Waals surface area (Å²) in [4.78, 5) is 42.2. The van der Waals surface area contributed by atoms with Gasteiger partial charge in [-0.3, -0.25) is 24.5 Å². The SMILES string of the molecule is CC(C)(C)[C@H](NC(=O)[C@H](CC1CCCC1)CN(O)C=O)C(=O)N1CCC(N2CCc3c(F)ccc(F)c3C2)CC1. The summed E-state index contributed by atoms with van der Waals surface area (Å²) in [6.45, 7) is 7.68. The fraction of sp³-hybridized carbons (Fsp3) is 0.700. The van der Waals surface area contributed by atoms with E-state index in [1.807, 2.05) is 20.8 Å². The van der Waals surface area contributed by atoms with E-state index in [0.29, 0.717) is 80.4 Å². The number of hydrogen-bond donors (Lipinski definition) is 2. The number of hydrogen-bond acceptors (Lipinski definition) is 5. The van der Waals surface area contributed by atoms with Gasteiger partial charge < -0.3 is 10.2 Å². The summed E-state index contributed by atoms with van der Waals surface area (Å²) in [6.07, 6.45) is 7.04. The van der Waals surface area contributed by atoms with Crippen LogP contribution in [0.4, 0.5) is 8.78 Å². The topological polar surface area (TPSA) is 93.2 Å². The van der Waals surface area contributed by atoms with E-state index in [2.05, 4.69) is 10.2 Å². The van der Waals surface area contributed by atoms with Gasteiger partial charge in [0.1, 0.15) is 17.7 Å². The van der Waals surface area contributed by atoms with Gasteiger partial charge in [-0.1, -0.05) is 46.5 Å². The van der Waals surface area contributed by atoms with Crippen molar-refractivity contribution in [3.05, 3.63) is 34.9 Å². The Bertz CT molecular complexity index is 1060. The highest BCUT2D eigenvalue weighted by Crippen LogP contribution is 2.32. The Hall–Kier alpha value is -2.59. The summed E-state index contributed by atoms with van der Waals surface area (Å²) < 4.78 is 28.6. The molecule has 2 heterocycles. The molecule has 2 fully saturated rings. The van der Waals surface area contributed by atoms with Crippen LogP contribution in [0.3, 0.4) is 0 Å². The highest BCUT2D eigenvalue weighted by atomic mass is 19.1. The molecule has 0 bridgehead atoms. The van der Waals surface area contributed by atoms with Crippen LogP contribution >= 0.6 is 0 Å². The third kappa shape index (κ3) is 7.18. The molecule has 0 unspecified atom stereocenters. The van der Waals surface area contributed by atoms with Gasteiger partial charge in [0.25, 0.3) is 0 Å². The second kappa shape index (κ2) is 12.9. The largest absolute Gasteiger partial charge is 0.344 e. The molecule has 8 nitrogen and oxygen atoms in total. The first kappa shape index (κ1) is 30.4. The van der Waals surface area contributed by atoms with Crippen LogP contribution in [0.2, 0.25) is 0 Å². The summed E-state index contributed by atoms with van der Waals surface area (Å²) >= 11 is 0. The number of carbonyl (C=O) groups excluding carboxylic acids is 3. The maximum atomic E-state index is 14.4. The van der Waals surface area contributed by atoms with Gasteiger partial charge in [0, 0.05) is 37.8 Å². The smallest absolute Gasteiger partial charge is 0.245 e. The van der Waals surface area contributed by atoms with Gasteiger partial charge in [0.2, 0.25) is 18.2 Å². The molecule has 222 valence electrons. The number of piperidine rings is 1. The van der Waals surface area contributed by atoms with Gasteiger partial charge in [0.15, 0.2) is 0 Å². The Morgan fingerprint density at radius 1 is 1.07 bits per heavy atom. The Balaban J connectivity index is 1.38. The Morgan fingerprint density at radius 2 is 1.70 bits per heavy atom. The molecule has 2 N–H and O–H groups in total. The molecule has 4 rings (SSSR count). The molecular weight excluding hydrogens is 518 g/mol. The molecule has 0 aromatic heterocycles. The average Bonchev–Trinajstić information content (AvgIpc) is 3.45. The fourth-order valence-electron chi connectivity index (χ4n) is 6.65. The molecule has 1 aromatic carbocycles. The molecule has 2 aliphatic heterocycles. The zero-order chi connectivity index (χ0) is 29.0. The first-order valence-corrected chi connectivity index (χ1v) is 14.7. The first-order chi connectivity index (χ1) is 19.0. The zero-order valence-electron chi connectivity index (χ0n) is 24.0. The minimum Gasteiger partial charge on any atom is -0.344 e. The molecule has 10 heteroatoms. The van der Waals surface area contributed by atoms with Crippen molar-refractivity contribution >= 4 is 18.2 Å². The summed E-state index contributed by atoms with van der Waals surface area (Å²) in [5.41, 5.74) is 0.350. The highest BCUT2D eigenvalue weighted by molar-refractivity contribution is 5.89. The Kier molecular flexibility index (Phi) is 9.82. The van der Waals surface area contributed by atoms with Crippen molar-refractivity contribution < 1.29 is 28.4 Å². The third-order valence-electron chi connectivity index (χ3n) is 9.01. The molecule has 0 spiro atoms. The molecule has 1 saturated carbocycles. The minimum atomic E-state index is -0.759. The highest BCUT2D eigenvalue weighted by Gasteiger charge is 2.39.